The van der Waals surface area contributed by atoms with E-state index < -0.39 is 51.9 Å². The van der Waals surface area contributed by atoms with E-state index in [1.165, 1.54) is 10.5 Å². The molecule has 2 aliphatic rings. The number of allylic oxidation sites excluding steroid dienone is 1. The average molecular weight is 714 g/mol. The van der Waals surface area contributed by atoms with Crippen LogP contribution in [0.4, 0.5) is 0 Å². The highest BCUT2D eigenvalue weighted by Gasteiger charge is 2.43. The summed E-state index contributed by atoms with van der Waals surface area (Å²) in [5.41, 5.74) is 8.72. The molecular weight excluding hydrogens is 670 g/mol. The molecule has 1 aliphatic heterocycles. The van der Waals surface area contributed by atoms with Crippen LogP contribution in [0.1, 0.15) is 74.0 Å². The van der Waals surface area contributed by atoms with Gasteiger partial charge in [0.2, 0.25) is 27.6 Å². The van der Waals surface area contributed by atoms with E-state index in [9.17, 15) is 22.8 Å². The van der Waals surface area contributed by atoms with Gasteiger partial charge in [0.1, 0.15) is 17.6 Å². The minimum absolute atomic E-state index is 0.0555. The summed E-state index contributed by atoms with van der Waals surface area (Å²) in [6.07, 6.45) is 8.10. The number of oxazole rings is 1. The third-order valence-electron chi connectivity index (χ3n) is 8.87. The molecule has 5 rings (SSSR count). The standard InChI is InChI=1S/C35H44ClN5O7S/c1-49(45,46)40-29(18-15-23-8-2-3-9-23)35(44)41-21-26(47-22-24-13-16-25(36)17-14-24)20-30(41)33(43)38-28(11-6-7-19-37)32(42)34-39-27-10-4-5-12-31(27)48-34/h4-5,10,12-17,26,28-30,40H,2-3,6-9,11,18-22,37H2,1H3,(H,38,43)/t26-,28+,29-,30+/m1/s1. The fourth-order valence-electron chi connectivity index (χ4n) is 6.34. The molecule has 0 spiro atoms. The van der Waals surface area contributed by atoms with Gasteiger partial charge >= 0.3 is 0 Å². The molecule has 1 saturated heterocycles. The van der Waals surface area contributed by atoms with Crippen molar-refractivity contribution in [2.45, 2.75) is 88.6 Å². The Morgan fingerprint density at radius 2 is 1.84 bits per heavy atom. The number of nitrogens with one attached hydrogen (secondary N) is 2. The summed E-state index contributed by atoms with van der Waals surface area (Å²) in [4.78, 5) is 47.7. The number of para-hydroxylation sites is 2. The summed E-state index contributed by atoms with van der Waals surface area (Å²) in [6.45, 7) is 0.688. The van der Waals surface area contributed by atoms with Gasteiger partial charge in [-0.3, -0.25) is 14.4 Å². The van der Waals surface area contributed by atoms with E-state index in [0.717, 1.165) is 37.5 Å². The summed E-state index contributed by atoms with van der Waals surface area (Å²) in [5, 5.41) is 3.45. The Kier molecular flexibility index (Phi) is 12.6. The van der Waals surface area contributed by atoms with Crippen LogP contribution in [0.15, 0.2) is 64.6 Å². The first-order chi connectivity index (χ1) is 23.5. The average Bonchev–Trinajstić information content (AvgIpc) is 3.85. The van der Waals surface area contributed by atoms with Crippen LogP contribution in [0.5, 0.6) is 0 Å². The van der Waals surface area contributed by atoms with Crippen LogP contribution < -0.4 is 15.8 Å². The Bertz CT molecular complexity index is 1720. The summed E-state index contributed by atoms with van der Waals surface area (Å²) in [7, 11) is -3.77. The van der Waals surface area contributed by atoms with Crippen molar-refractivity contribution in [1.82, 2.24) is 19.9 Å². The number of ketones is 1. The number of carbonyl (C=O) groups is 3. The summed E-state index contributed by atoms with van der Waals surface area (Å²) in [5.74, 6) is -1.71. The van der Waals surface area contributed by atoms with Gasteiger partial charge in [0.15, 0.2) is 5.58 Å². The molecule has 14 heteroatoms. The van der Waals surface area contributed by atoms with Crippen LogP contribution in [-0.2, 0) is 31.0 Å². The molecule has 1 saturated carbocycles. The molecule has 264 valence electrons. The monoisotopic (exact) mass is 713 g/mol. The molecule has 4 N–H and O–H groups in total. The molecule has 3 aromatic rings. The maximum absolute atomic E-state index is 14.2. The molecule has 2 fully saturated rings. The zero-order valence-corrected chi connectivity index (χ0v) is 29.2. The number of halogens is 1. The minimum atomic E-state index is -3.77. The number of hydrogen-bond donors (Lipinski definition) is 3. The van der Waals surface area contributed by atoms with Gasteiger partial charge in [-0.25, -0.2) is 18.1 Å². The number of fused-ring (bicyclic) bond motifs is 1. The van der Waals surface area contributed by atoms with E-state index in [4.69, 9.17) is 26.5 Å². The number of unbranched alkanes of at least 4 members (excludes halogenated alkanes) is 1. The highest BCUT2D eigenvalue weighted by molar-refractivity contribution is 7.88. The summed E-state index contributed by atoms with van der Waals surface area (Å²) in [6, 6.07) is 11.0. The first-order valence-corrected chi connectivity index (χ1v) is 19.0. The lowest BCUT2D eigenvalue weighted by atomic mass is 10.0. The van der Waals surface area contributed by atoms with Crippen LogP contribution in [-0.4, -0.2) is 79.5 Å². The minimum Gasteiger partial charge on any atom is -0.434 e. The lowest BCUT2D eigenvalue weighted by Gasteiger charge is -2.29. The fraction of sp³-hybridized carbons (Fsp3) is 0.486. The second-order valence-electron chi connectivity index (χ2n) is 12.7. The maximum Gasteiger partial charge on any atom is 0.266 e. The van der Waals surface area contributed by atoms with Gasteiger partial charge in [-0.15, -0.1) is 0 Å². The third kappa shape index (κ3) is 10.2. The highest BCUT2D eigenvalue weighted by atomic mass is 35.5. The number of rotatable bonds is 16. The topological polar surface area (TPSA) is 174 Å². The molecule has 2 heterocycles. The van der Waals surface area contributed by atoms with Gasteiger partial charge in [0.25, 0.3) is 5.89 Å². The van der Waals surface area contributed by atoms with Crippen molar-refractivity contribution >= 4 is 50.3 Å². The van der Waals surface area contributed by atoms with Crippen LogP contribution in [0.2, 0.25) is 5.02 Å². The van der Waals surface area contributed by atoms with E-state index in [0.29, 0.717) is 35.5 Å². The Labute approximate surface area is 291 Å². The third-order valence-corrected chi connectivity index (χ3v) is 9.84. The molecule has 49 heavy (non-hydrogen) atoms. The zero-order chi connectivity index (χ0) is 35.0. The Morgan fingerprint density at radius 3 is 2.53 bits per heavy atom. The lowest BCUT2D eigenvalue weighted by Crippen LogP contribution is -2.55. The molecule has 0 unspecified atom stereocenters. The number of carbonyl (C=O) groups excluding carboxylic acids is 3. The summed E-state index contributed by atoms with van der Waals surface area (Å²) >= 11 is 6.03. The Balaban J connectivity index is 1.38. The van der Waals surface area contributed by atoms with E-state index >= 15 is 0 Å². The molecule has 2 aromatic carbocycles. The first-order valence-electron chi connectivity index (χ1n) is 16.7. The number of ether oxygens (including phenoxy) is 1. The van der Waals surface area contributed by atoms with Crippen LogP contribution in [0, 0.1) is 0 Å². The van der Waals surface area contributed by atoms with Gasteiger partial charge in [0, 0.05) is 18.0 Å². The number of benzene rings is 2. The van der Waals surface area contributed by atoms with Crippen LogP contribution >= 0.6 is 11.6 Å². The van der Waals surface area contributed by atoms with Gasteiger partial charge in [-0.1, -0.05) is 47.5 Å². The van der Waals surface area contributed by atoms with E-state index in [2.05, 4.69) is 15.0 Å². The number of Topliss-reactive ketones (excluding diaryl/α,β-unsaturated/α-hetero) is 1. The smallest absolute Gasteiger partial charge is 0.266 e. The first kappa shape index (κ1) is 36.7. The van der Waals surface area contributed by atoms with Crippen molar-refractivity contribution in [3.63, 3.8) is 0 Å². The molecule has 1 aliphatic carbocycles. The largest absolute Gasteiger partial charge is 0.434 e. The molecular formula is C35H44ClN5O7S. The quantitative estimate of drug-likeness (QED) is 0.111. The molecule has 12 nitrogen and oxygen atoms in total. The maximum atomic E-state index is 14.2. The van der Waals surface area contributed by atoms with E-state index in [1.807, 2.05) is 18.2 Å². The number of nitrogens with zero attached hydrogens (tertiary/aromatic N) is 2. The highest BCUT2D eigenvalue weighted by Crippen LogP contribution is 2.27. The number of likely N-dealkylation sites (tertiary alicyclic amines) is 1. The van der Waals surface area contributed by atoms with Crippen molar-refractivity contribution in [3.05, 3.63) is 76.7 Å². The van der Waals surface area contributed by atoms with Crippen LogP contribution in [0.25, 0.3) is 11.1 Å². The van der Waals surface area contributed by atoms with E-state index in [-0.39, 0.29) is 38.3 Å². The number of aromatic nitrogens is 1. The van der Waals surface area contributed by atoms with Gasteiger partial charge < -0.3 is 25.1 Å². The Hall–Kier alpha value is -3.62. The second-order valence-corrected chi connectivity index (χ2v) is 15.0. The van der Waals surface area contributed by atoms with Gasteiger partial charge in [-0.05, 0) is 87.7 Å². The predicted molar refractivity (Wildman–Crippen MR) is 186 cm³/mol. The second kappa shape index (κ2) is 16.9. The van der Waals surface area contributed by atoms with Crippen LogP contribution in [0.3, 0.4) is 0 Å². The van der Waals surface area contributed by atoms with Crippen molar-refractivity contribution in [2.75, 3.05) is 19.3 Å². The van der Waals surface area contributed by atoms with Gasteiger partial charge in [-0.2, -0.15) is 0 Å². The lowest BCUT2D eigenvalue weighted by molar-refractivity contribution is -0.140. The number of nitrogens with two attached hydrogens (primary N) is 1. The normalized spacial score (nSPS) is 19.2. The number of sulfonamides is 1. The van der Waals surface area contributed by atoms with Gasteiger partial charge in [0.05, 0.1) is 25.0 Å². The molecule has 1 aromatic heterocycles. The van der Waals surface area contributed by atoms with Crippen molar-refractivity contribution < 1.29 is 32.0 Å². The predicted octanol–water partition coefficient (Wildman–Crippen LogP) is 4.27. The van der Waals surface area contributed by atoms with E-state index in [1.54, 1.807) is 36.4 Å². The zero-order valence-electron chi connectivity index (χ0n) is 27.6. The molecule has 2 amide bonds. The SMILES string of the molecule is CS(=O)(=O)N[C@H](CC=C1CCCC1)C(=O)N1C[C@H](OCc2ccc(Cl)cc2)C[C@H]1C(=O)N[C@@H](CCCCN)C(=O)c1nc2ccccc2o1. The molecule has 4 atom stereocenters. The Morgan fingerprint density at radius 1 is 1.10 bits per heavy atom. The molecule has 0 radical (unpaired) electrons. The van der Waals surface area contributed by atoms with Crippen molar-refractivity contribution in [3.8, 4) is 0 Å². The summed E-state index contributed by atoms with van der Waals surface area (Å²) < 4.78 is 39.2. The number of hydrogen-bond acceptors (Lipinski definition) is 9. The fourth-order valence-corrected chi connectivity index (χ4v) is 7.18. The number of amides is 2. The van der Waals surface area contributed by atoms with Crippen molar-refractivity contribution in [1.29, 1.82) is 0 Å². The molecule has 0 bridgehead atoms. The van der Waals surface area contributed by atoms with Crippen molar-refractivity contribution in [2.24, 2.45) is 5.73 Å².